The molecule has 0 aromatic heterocycles. The summed E-state index contributed by atoms with van der Waals surface area (Å²) in [7, 11) is 1.54. The normalized spacial score (nSPS) is 10.5. The Kier molecular flexibility index (Phi) is 6.15. The smallest absolute Gasteiger partial charge is 0.341 e. The van der Waals surface area contributed by atoms with Crippen molar-refractivity contribution in [3.8, 4) is 11.5 Å². The molecule has 2 N–H and O–H groups in total. The number of aliphatic carboxylic acids is 1. The molecule has 0 unspecified atom stereocenters. The molecule has 5 heteroatoms. The van der Waals surface area contributed by atoms with Crippen LogP contribution in [0.25, 0.3) is 0 Å². The lowest BCUT2D eigenvalue weighted by Crippen LogP contribution is -2.19. The molecule has 1 aromatic rings. The molecule has 5 nitrogen and oxygen atoms in total. The molecule has 1 aromatic carbocycles. The van der Waals surface area contributed by atoms with Crippen LogP contribution in [0.15, 0.2) is 18.2 Å². The van der Waals surface area contributed by atoms with Crippen LogP contribution in [0.3, 0.4) is 0 Å². The third kappa shape index (κ3) is 5.61. The Balaban J connectivity index is 2.64. The number of methoxy groups -OCH3 is 1. The van der Waals surface area contributed by atoms with Crippen LogP contribution in [0, 0.1) is 5.92 Å². The molecule has 0 saturated carbocycles. The van der Waals surface area contributed by atoms with Crippen molar-refractivity contribution in [2.24, 2.45) is 5.92 Å². The summed E-state index contributed by atoms with van der Waals surface area (Å²) in [4.78, 5) is 10.5. The van der Waals surface area contributed by atoms with Gasteiger partial charge >= 0.3 is 5.97 Å². The van der Waals surface area contributed by atoms with Crippen molar-refractivity contribution in [1.29, 1.82) is 0 Å². The molecule has 0 saturated heterocycles. The van der Waals surface area contributed by atoms with Crippen LogP contribution in [-0.4, -0.2) is 31.3 Å². The van der Waals surface area contributed by atoms with E-state index in [1.165, 1.54) is 7.11 Å². The van der Waals surface area contributed by atoms with Crippen LogP contribution in [0.1, 0.15) is 19.4 Å². The van der Waals surface area contributed by atoms with Gasteiger partial charge in [0.1, 0.15) is 0 Å². The monoisotopic (exact) mass is 267 g/mol. The maximum atomic E-state index is 10.5. The van der Waals surface area contributed by atoms with Crippen molar-refractivity contribution < 1.29 is 19.4 Å². The zero-order valence-corrected chi connectivity index (χ0v) is 11.6. The van der Waals surface area contributed by atoms with Gasteiger partial charge in [0.15, 0.2) is 18.1 Å². The van der Waals surface area contributed by atoms with Crippen LogP contribution in [-0.2, 0) is 11.3 Å². The van der Waals surface area contributed by atoms with Crippen molar-refractivity contribution in [2.75, 3.05) is 20.3 Å². The van der Waals surface area contributed by atoms with Crippen LogP contribution in [0.2, 0.25) is 0 Å². The van der Waals surface area contributed by atoms with Gasteiger partial charge in [0, 0.05) is 6.54 Å². The van der Waals surface area contributed by atoms with E-state index in [-0.39, 0.29) is 6.61 Å². The van der Waals surface area contributed by atoms with Crippen molar-refractivity contribution in [3.05, 3.63) is 23.8 Å². The van der Waals surface area contributed by atoms with Gasteiger partial charge in [-0.05, 0) is 30.2 Å². The van der Waals surface area contributed by atoms with E-state index in [0.29, 0.717) is 17.4 Å². The predicted molar refractivity (Wildman–Crippen MR) is 72.7 cm³/mol. The van der Waals surface area contributed by atoms with E-state index in [1.807, 2.05) is 12.1 Å². The molecule has 19 heavy (non-hydrogen) atoms. The quantitative estimate of drug-likeness (QED) is 0.753. The highest BCUT2D eigenvalue weighted by atomic mass is 16.5. The lowest BCUT2D eigenvalue weighted by atomic mass is 10.2. The molecule has 0 atom stereocenters. The topological polar surface area (TPSA) is 67.8 Å². The second kappa shape index (κ2) is 7.63. The first-order valence-electron chi connectivity index (χ1n) is 6.25. The molecule has 0 fully saturated rings. The summed E-state index contributed by atoms with van der Waals surface area (Å²) in [5.74, 6) is 0.576. The van der Waals surface area contributed by atoms with Crippen molar-refractivity contribution >= 4 is 5.97 Å². The highest BCUT2D eigenvalue weighted by molar-refractivity contribution is 5.68. The Bertz CT molecular complexity index is 418. The van der Waals surface area contributed by atoms with Gasteiger partial charge in [-0.2, -0.15) is 0 Å². The molecule has 0 aliphatic heterocycles. The van der Waals surface area contributed by atoms with Crippen LogP contribution >= 0.6 is 0 Å². The fraction of sp³-hybridized carbons (Fsp3) is 0.500. The van der Waals surface area contributed by atoms with Crippen LogP contribution in [0.5, 0.6) is 11.5 Å². The Morgan fingerprint density at radius 2 is 2.11 bits per heavy atom. The third-order valence-electron chi connectivity index (χ3n) is 2.46. The molecular weight excluding hydrogens is 246 g/mol. The number of ether oxygens (including phenoxy) is 2. The highest BCUT2D eigenvalue weighted by Crippen LogP contribution is 2.27. The molecule has 0 bridgehead atoms. The van der Waals surface area contributed by atoms with Gasteiger partial charge in [-0.1, -0.05) is 19.9 Å². The van der Waals surface area contributed by atoms with Gasteiger partial charge < -0.3 is 19.9 Å². The van der Waals surface area contributed by atoms with E-state index < -0.39 is 5.97 Å². The first kappa shape index (κ1) is 15.3. The number of hydrogen-bond acceptors (Lipinski definition) is 4. The van der Waals surface area contributed by atoms with Gasteiger partial charge in [-0.15, -0.1) is 0 Å². The van der Waals surface area contributed by atoms with Crippen molar-refractivity contribution in [2.45, 2.75) is 20.4 Å². The first-order valence-corrected chi connectivity index (χ1v) is 6.25. The zero-order chi connectivity index (χ0) is 14.3. The Hall–Kier alpha value is -1.75. The molecule has 0 aliphatic rings. The van der Waals surface area contributed by atoms with Gasteiger partial charge in [0.25, 0.3) is 0 Å². The molecule has 0 spiro atoms. The van der Waals surface area contributed by atoms with E-state index in [9.17, 15) is 4.79 Å². The first-order chi connectivity index (χ1) is 9.02. The standard InChI is InChI=1S/C14H21NO4/c1-10(2)7-15-8-11-4-5-12(13(6-11)18-3)19-9-14(16)17/h4-6,10,15H,7-9H2,1-3H3,(H,16,17). The van der Waals surface area contributed by atoms with Gasteiger partial charge in [0.05, 0.1) is 7.11 Å². The minimum absolute atomic E-state index is 0.374. The number of nitrogens with one attached hydrogen (secondary N) is 1. The molecule has 106 valence electrons. The fourth-order valence-electron chi connectivity index (χ4n) is 1.59. The fourth-order valence-corrected chi connectivity index (χ4v) is 1.59. The minimum Gasteiger partial charge on any atom is -0.493 e. The van der Waals surface area contributed by atoms with E-state index >= 15 is 0 Å². The molecule has 0 heterocycles. The van der Waals surface area contributed by atoms with Crippen LogP contribution < -0.4 is 14.8 Å². The Morgan fingerprint density at radius 1 is 1.37 bits per heavy atom. The second-order valence-corrected chi connectivity index (χ2v) is 4.69. The maximum Gasteiger partial charge on any atom is 0.341 e. The summed E-state index contributed by atoms with van der Waals surface area (Å²) in [5.41, 5.74) is 1.07. The zero-order valence-electron chi connectivity index (χ0n) is 11.6. The number of carbonyl (C=O) groups is 1. The minimum atomic E-state index is -1.01. The number of rotatable bonds is 8. The summed E-state index contributed by atoms with van der Waals surface area (Å²) in [6.07, 6.45) is 0. The van der Waals surface area contributed by atoms with Crippen molar-refractivity contribution in [1.82, 2.24) is 5.32 Å². The maximum absolute atomic E-state index is 10.5. The second-order valence-electron chi connectivity index (χ2n) is 4.69. The molecule has 0 amide bonds. The van der Waals surface area contributed by atoms with Crippen molar-refractivity contribution in [3.63, 3.8) is 0 Å². The Morgan fingerprint density at radius 3 is 2.68 bits per heavy atom. The summed E-state index contributed by atoms with van der Waals surface area (Å²) >= 11 is 0. The largest absolute Gasteiger partial charge is 0.493 e. The summed E-state index contributed by atoms with van der Waals surface area (Å²) < 4.78 is 10.3. The predicted octanol–water partition coefficient (Wildman–Crippen LogP) is 1.90. The summed E-state index contributed by atoms with van der Waals surface area (Å²) in [5, 5.41) is 11.9. The van der Waals surface area contributed by atoms with E-state index in [1.54, 1.807) is 6.07 Å². The number of benzene rings is 1. The van der Waals surface area contributed by atoms with E-state index in [4.69, 9.17) is 14.6 Å². The molecule has 1 rings (SSSR count). The molecule has 0 radical (unpaired) electrons. The molecular formula is C14H21NO4. The lowest BCUT2D eigenvalue weighted by Gasteiger charge is -2.12. The van der Waals surface area contributed by atoms with Gasteiger partial charge in [-0.25, -0.2) is 4.79 Å². The summed E-state index contributed by atoms with van der Waals surface area (Å²) in [6, 6.07) is 5.48. The molecule has 0 aliphatic carbocycles. The average molecular weight is 267 g/mol. The summed E-state index contributed by atoms with van der Waals surface area (Å²) in [6.45, 7) is 5.61. The van der Waals surface area contributed by atoms with E-state index in [0.717, 1.165) is 18.7 Å². The van der Waals surface area contributed by atoms with Gasteiger partial charge in [0.2, 0.25) is 0 Å². The van der Waals surface area contributed by atoms with Crippen LogP contribution in [0.4, 0.5) is 0 Å². The lowest BCUT2D eigenvalue weighted by molar-refractivity contribution is -0.139. The number of carboxylic acid groups (broad SMARTS) is 1. The third-order valence-corrected chi connectivity index (χ3v) is 2.46. The Labute approximate surface area is 113 Å². The van der Waals surface area contributed by atoms with Gasteiger partial charge in [-0.3, -0.25) is 0 Å². The number of hydrogen-bond donors (Lipinski definition) is 2. The highest BCUT2D eigenvalue weighted by Gasteiger charge is 2.07. The average Bonchev–Trinajstić information content (AvgIpc) is 2.36. The SMILES string of the molecule is COc1cc(CNCC(C)C)ccc1OCC(=O)O. The van der Waals surface area contributed by atoms with E-state index in [2.05, 4.69) is 19.2 Å². The number of carboxylic acids is 1.